The maximum absolute atomic E-state index is 11.2. The molecule has 2 rings (SSSR count). The average Bonchev–Trinajstić information content (AvgIpc) is 2.68. The second-order valence-corrected chi connectivity index (χ2v) is 4.45. The quantitative estimate of drug-likeness (QED) is 0.867. The molecular weight excluding hydrogens is 246 g/mol. The van der Waals surface area contributed by atoms with Gasteiger partial charge in [-0.2, -0.15) is 0 Å². The second-order valence-electron chi connectivity index (χ2n) is 4.45. The van der Waals surface area contributed by atoms with Gasteiger partial charge in [0.2, 0.25) is 0 Å². The molecule has 0 spiro atoms. The Bertz CT molecular complexity index is 706. The van der Waals surface area contributed by atoms with Crippen LogP contribution in [0.3, 0.4) is 0 Å². The van der Waals surface area contributed by atoms with Crippen LogP contribution in [0.4, 0.5) is 4.79 Å². The summed E-state index contributed by atoms with van der Waals surface area (Å²) in [6.45, 7) is 3.84. The van der Waals surface area contributed by atoms with E-state index in [0.29, 0.717) is 10.9 Å². The van der Waals surface area contributed by atoms with Crippen LogP contribution in [0.2, 0.25) is 0 Å². The number of carboxylic acid groups (broad SMARTS) is 2. The third-order valence-electron chi connectivity index (χ3n) is 2.73. The number of rotatable bonds is 2. The zero-order chi connectivity index (χ0) is 14.2. The van der Waals surface area contributed by atoms with Crippen molar-refractivity contribution in [2.45, 2.75) is 13.8 Å². The molecule has 1 aromatic carbocycles. The summed E-state index contributed by atoms with van der Waals surface area (Å²) in [7, 11) is 0. The summed E-state index contributed by atoms with van der Waals surface area (Å²) in [5.74, 6) is -1.26. The van der Waals surface area contributed by atoms with Gasteiger partial charge in [-0.1, -0.05) is 23.8 Å². The van der Waals surface area contributed by atoms with Crippen molar-refractivity contribution in [3.8, 4) is 0 Å². The Labute approximate surface area is 109 Å². The molecule has 0 fully saturated rings. The van der Waals surface area contributed by atoms with E-state index in [1.165, 1.54) is 6.07 Å². The van der Waals surface area contributed by atoms with Crippen LogP contribution in [0.5, 0.6) is 0 Å². The molecule has 0 saturated carbocycles. The molecule has 5 nitrogen and oxygen atoms in total. The Morgan fingerprint density at radius 3 is 2.42 bits per heavy atom. The van der Waals surface area contributed by atoms with Gasteiger partial charge in [0.1, 0.15) is 5.69 Å². The van der Waals surface area contributed by atoms with E-state index in [-0.39, 0.29) is 5.69 Å². The molecule has 0 unspecified atom stereocenters. The number of carboxylic acids is 1. The predicted octanol–water partition coefficient (Wildman–Crippen LogP) is 3.29. The highest BCUT2D eigenvalue weighted by Gasteiger charge is 2.19. The molecule has 0 aliphatic rings. The number of fused-ring (bicyclic) bond motifs is 1. The summed E-state index contributed by atoms with van der Waals surface area (Å²) in [5.41, 5.74) is 1.98. The molecule has 0 radical (unpaired) electrons. The number of aromatic nitrogens is 1. The Kier molecular flexibility index (Phi) is 3.12. The largest absolute Gasteiger partial charge is 0.477 e. The Balaban J connectivity index is 2.86. The van der Waals surface area contributed by atoms with Gasteiger partial charge in [0, 0.05) is 5.39 Å². The van der Waals surface area contributed by atoms with Gasteiger partial charge in [0.15, 0.2) is 0 Å². The number of hydrogen-bond donors (Lipinski definition) is 2. The van der Waals surface area contributed by atoms with E-state index in [2.05, 4.69) is 0 Å². The van der Waals surface area contributed by atoms with Crippen LogP contribution in [0, 0.1) is 0 Å². The maximum Gasteiger partial charge on any atom is 0.416 e. The topological polar surface area (TPSA) is 79.5 Å². The van der Waals surface area contributed by atoms with Gasteiger partial charge >= 0.3 is 12.1 Å². The third kappa shape index (κ3) is 2.22. The summed E-state index contributed by atoms with van der Waals surface area (Å²) in [6.07, 6.45) is 0.585. The van der Waals surface area contributed by atoms with Crippen LogP contribution in [0.15, 0.2) is 29.8 Å². The monoisotopic (exact) mass is 259 g/mol. The molecule has 2 aromatic rings. The zero-order valence-electron chi connectivity index (χ0n) is 10.5. The van der Waals surface area contributed by atoms with Crippen molar-refractivity contribution in [2.24, 2.45) is 0 Å². The normalized spacial score (nSPS) is 10.4. The highest BCUT2D eigenvalue weighted by atomic mass is 16.4. The van der Waals surface area contributed by atoms with Crippen LogP contribution in [-0.4, -0.2) is 26.8 Å². The third-order valence-corrected chi connectivity index (χ3v) is 2.73. The SMILES string of the molecule is CC(C)=Cc1cccc2c1cc(C(=O)O)n2C(=O)O. The summed E-state index contributed by atoms with van der Waals surface area (Å²) >= 11 is 0. The Morgan fingerprint density at radius 1 is 1.21 bits per heavy atom. The van der Waals surface area contributed by atoms with Crippen molar-refractivity contribution >= 4 is 29.0 Å². The Hall–Kier alpha value is -2.56. The fourth-order valence-electron chi connectivity index (χ4n) is 2.05. The van der Waals surface area contributed by atoms with E-state index >= 15 is 0 Å². The van der Waals surface area contributed by atoms with Crippen LogP contribution in [0.25, 0.3) is 17.0 Å². The lowest BCUT2D eigenvalue weighted by Gasteiger charge is -2.02. The summed E-state index contributed by atoms with van der Waals surface area (Å²) in [5, 5.41) is 18.9. The minimum absolute atomic E-state index is 0.253. The van der Waals surface area contributed by atoms with Crippen molar-refractivity contribution in [2.75, 3.05) is 0 Å². The first-order valence-electron chi connectivity index (χ1n) is 5.67. The Morgan fingerprint density at radius 2 is 1.89 bits per heavy atom. The molecule has 19 heavy (non-hydrogen) atoms. The molecule has 0 saturated heterocycles. The fraction of sp³-hybridized carbons (Fsp3) is 0.143. The maximum atomic E-state index is 11.2. The van der Waals surface area contributed by atoms with Gasteiger partial charge in [-0.3, -0.25) is 0 Å². The minimum atomic E-state index is -1.30. The van der Waals surface area contributed by atoms with E-state index < -0.39 is 12.1 Å². The van der Waals surface area contributed by atoms with Gasteiger partial charge in [-0.05, 0) is 31.5 Å². The van der Waals surface area contributed by atoms with Crippen LogP contribution < -0.4 is 0 Å². The number of hydrogen-bond acceptors (Lipinski definition) is 2. The van der Waals surface area contributed by atoms with Crippen molar-refractivity contribution in [3.05, 3.63) is 41.1 Å². The molecule has 0 bridgehead atoms. The number of carbonyl (C=O) groups is 2. The standard InChI is InChI=1S/C14H13NO4/c1-8(2)6-9-4-3-5-11-10(9)7-12(13(16)17)15(11)14(18)19/h3-7H,1-2H3,(H,16,17)(H,18,19). The van der Waals surface area contributed by atoms with Crippen molar-refractivity contribution in [1.82, 2.24) is 4.57 Å². The average molecular weight is 259 g/mol. The summed E-state index contributed by atoms with van der Waals surface area (Å²) in [6, 6.07) is 6.52. The predicted molar refractivity (Wildman–Crippen MR) is 71.6 cm³/mol. The zero-order valence-corrected chi connectivity index (χ0v) is 10.5. The van der Waals surface area contributed by atoms with E-state index in [1.807, 2.05) is 26.0 Å². The molecule has 0 aliphatic heterocycles. The van der Waals surface area contributed by atoms with Crippen molar-refractivity contribution in [1.29, 1.82) is 0 Å². The van der Waals surface area contributed by atoms with E-state index in [0.717, 1.165) is 15.7 Å². The highest BCUT2D eigenvalue weighted by Crippen LogP contribution is 2.25. The van der Waals surface area contributed by atoms with Crippen LogP contribution in [0.1, 0.15) is 29.9 Å². The minimum Gasteiger partial charge on any atom is -0.477 e. The van der Waals surface area contributed by atoms with Crippen molar-refractivity contribution in [3.63, 3.8) is 0 Å². The van der Waals surface area contributed by atoms with Crippen molar-refractivity contribution < 1.29 is 19.8 Å². The lowest BCUT2D eigenvalue weighted by Crippen LogP contribution is -2.14. The molecule has 2 N–H and O–H groups in total. The molecule has 0 amide bonds. The van der Waals surface area contributed by atoms with Gasteiger partial charge in [-0.15, -0.1) is 0 Å². The molecule has 1 aromatic heterocycles. The van der Waals surface area contributed by atoms with Crippen LogP contribution >= 0.6 is 0 Å². The van der Waals surface area contributed by atoms with Gasteiger partial charge in [0.05, 0.1) is 5.52 Å². The van der Waals surface area contributed by atoms with E-state index in [9.17, 15) is 9.59 Å². The number of allylic oxidation sites excluding steroid dienone is 1. The van der Waals surface area contributed by atoms with E-state index in [1.54, 1.807) is 12.1 Å². The second kappa shape index (κ2) is 4.61. The number of nitrogens with zero attached hydrogens (tertiary/aromatic N) is 1. The lowest BCUT2D eigenvalue weighted by molar-refractivity contribution is 0.0685. The van der Waals surface area contributed by atoms with Gasteiger partial charge in [-0.25, -0.2) is 14.2 Å². The number of aromatic carboxylic acids is 1. The first kappa shape index (κ1) is 12.9. The molecule has 0 atom stereocenters. The smallest absolute Gasteiger partial charge is 0.416 e. The van der Waals surface area contributed by atoms with Gasteiger partial charge in [0.25, 0.3) is 0 Å². The van der Waals surface area contributed by atoms with Gasteiger partial charge < -0.3 is 10.2 Å². The summed E-state index contributed by atoms with van der Waals surface area (Å²) < 4.78 is 0.792. The lowest BCUT2D eigenvalue weighted by atomic mass is 10.1. The first-order valence-corrected chi connectivity index (χ1v) is 5.67. The molecule has 1 heterocycles. The molecule has 0 aliphatic carbocycles. The summed E-state index contributed by atoms with van der Waals surface area (Å²) in [4.78, 5) is 22.3. The molecule has 5 heteroatoms. The number of benzene rings is 1. The fourth-order valence-corrected chi connectivity index (χ4v) is 2.05. The first-order chi connectivity index (χ1) is 8.91. The highest BCUT2D eigenvalue weighted by molar-refractivity contribution is 6.03. The molecule has 98 valence electrons. The van der Waals surface area contributed by atoms with E-state index in [4.69, 9.17) is 10.2 Å². The van der Waals surface area contributed by atoms with Crippen LogP contribution in [-0.2, 0) is 0 Å². The molecular formula is C14H13NO4.